The van der Waals surface area contributed by atoms with E-state index in [4.69, 9.17) is 5.73 Å². The first-order chi connectivity index (χ1) is 7.49. The van der Waals surface area contributed by atoms with Crippen molar-refractivity contribution in [3.8, 4) is 0 Å². The Kier molecular flexibility index (Phi) is 4.46. The number of nitrogens with two attached hydrogens (primary N) is 1. The van der Waals surface area contributed by atoms with Crippen LogP contribution in [0, 0.1) is 6.92 Å². The molecule has 1 aromatic carbocycles. The Morgan fingerprint density at radius 2 is 1.94 bits per heavy atom. The van der Waals surface area contributed by atoms with Crippen molar-refractivity contribution in [3.63, 3.8) is 0 Å². The summed E-state index contributed by atoms with van der Waals surface area (Å²) in [6, 6.07) is 7.67. The summed E-state index contributed by atoms with van der Waals surface area (Å²) in [5.41, 5.74) is 10.8. The molecule has 0 aliphatic rings. The van der Waals surface area contributed by atoms with E-state index in [0.29, 0.717) is 6.42 Å². The van der Waals surface area contributed by atoms with Crippen LogP contribution in [0.5, 0.6) is 0 Å². The number of hydrogen-bond acceptors (Lipinski definition) is 3. The van der Waals surface area contributed by atoms with Crippen LogP contribution in [0.1, 0.15) is 23.6 Å². The predicted octanol–water partition coefficient (Wildman–Crippen LogP) is 0.978. The molecule has 16 heavy (non-hydrogen) atoms. The molecule has 1 unspecified atom stereocenters. The average Bonchev–Trinajstić information content (AvgIpc) is 2.16. The molecule has 0 saturated heterocycles. The van der Waals surface area contributed by atoms with Gasteiger partial charge in [-0.1, -0.05) is 29.8 Å². The van der Waals surface area contributed by atoms with Crippen molar-refractivity contribution < 1.29 is 4.79 Å². The highest BCUT2D eigenvalue weighted by molar-refractivity contribution is 5.76. The van der Waals surface area contributed by atoms with Crippen LogP contribution in [0.3, 0.4) is 0 Å². The molecule has 4 heteroatoms. The predicted molar refractivity (Wildman–Crippen MR) is 64.6 cm³/mol. The number of aryl methyl sites for hydroxylation is 1. The number of amides is 1. The van der Waals surface area contributed by atoms with E-state index in [2.05, 4.69) is 5.43 Å². The van der Waals surface area contributed by atoms with Gasteiger partial charge < -0.3 is 5.73 Å². The fourth-order valence-electron chi connectivity index (χ4n) is 1.43. The second-order valence-electron chi connectivity index (χ2n) is 4.15. The fraction of sp³-hybridized carbons (Fsp3) is 0.417. The van der Waals surface area contributed by atoms with Crippen molar-refractivity contribution >= 4 is 5.91 Å². The Morgan fingerprint density at radius 3 is 2.44 bits per heavy atom. The molecule has 0 heterocycles. The summed E-state index contributed by atoms with van der Waals surface area (Å²) in [5, 5.41) is 1.62. The van der Waals surface area contributed by atoms with Gasteiger partial charge in [-0.2, -0.15) is 0 Å². The third kappa shape index (κ3) is 4.00. The second kappa shape index (κ2) is 5.63. The van der Waals surface area contributed by atoms with E-state index in [1.165, 1.54) is 5.56 Å². The third-order valence-electron chi connectivity index (χ3n) is 2.26. The summed E-state index contributed by atoms with van der Waals surface area (Å²) in [5.74, 6) is -0.0712. The van der Waals surface area contributed by atoms with E-state index in [0.717, 1.165) is 5.56 Å². The van der Waals surface area contributed by atoms with Crippen molar-refractivity contribution in [1.29, 1.82) is 0 Å². The highest BCUT2D eigenvalue weighted by Crippen LogP contribution is 2.14. The Balaban J connectivity index is 2.55. The molecule has 1 aromatic rings. The fourth-order valence-corrected chi connectivity index (χ4v) is 1.43. The molecule has 0 bridgehead atoms. The van der Waals surface area contributed by atoms with Gasteiger partial charge in [0.2, 0.25) is 5.91 Å². The summed E-state index contributed by atoms with van der Waals surface area (Å²) in [4.78, 5) is 11.5. The van der Waals surface area contributed by atoms with Gasteiger partial charge in [0.1, 0.15) is 0 Å². The standard InChI is InChI=1S/C12H19N3O/c1-9-4-6-10(7-5-9)11(13)8-12(16)14-15(2)3/h4-7,11H,8,13H2,1-3H3,(H,14,16). The van der Waals surface area contributed by atoms with Gasteiger partial charge in [-0.15, -0.1) is 0 Å². The van der Waals surface area contributed by atoms with Gasteiger partial charge in [0.15, 0.2) is 0 Å². The monoisotopic (exact) mass is 221 g/mol. The van der Waals surface area contributed by atoms with E-state index in [-0.39, 0.29) is 11.9 Å². The van der Waals surface area contributed by atoms with Gasteiger partial charge in [0.05, 0.1) is 0 Å². The van der Waals surface area contributed by atoms with E-state index in [9.17, 15) is 4.79 Å². The lowest BCUT2D eigenvalue weighted by Gasteiger charge is -2.15. The molecule has 1 rings (SSSR count). The smallest absolute Gasteiger partial charge is 0.236 e. The molecule has 0 saturated carbocycles. The summed E-state index contributed by atoms with van der Waals surface area (Å²) in [6.07, 6.45) is 0.293. The SMILES string of the molecule is Cc1ccc(C(N)CC(=O)NN(C)C)cc1. The molecule has 0 fully saturated rings. The van der Waals surface area contributed by atoms with Crippen molar-refractivity contribution in [1.82, 2.24) is 10.4 Å². The third-order valence-corrected chi connectivity index (χ3v) is 2.26. The molecule has 0 aromatic heterocycles. The molecule has 1 atom stereocenters. The van der Waals surface area contributed by atoms with E-state index in [1.807, 2.05) is 31.2 Å². The van der Waals surface area contributed by atoms with Gasteiger partial charge in [-0.3, -0.25) is 10.2 Å². The number of carbonyl (C=O) groups is 1. The number of rotatable bonds is 4. The van der Waals surface area contributed by atoms with Gasteiger partial charge in [-0.05, 0) is 12.5 Å². The van der Waals surface area contributed by atoms with Crippen molar-refractivity contribution in [2.24, 2.45) is 5.73 Å². The quantitative estimate of drug-likeness (QED) is 0.745. The maximum atomic E-state index is 11.5. The summed E-state index contributed by atoms with van der Waals surface area (Å²) >= 11 is 0. The maximum Gasteiger partial charge on any atom is 0.236 e. The second-order valence-corrected chi connectivity index (χ2v) is 4.15. The van der Waals surface area contributed by atoms with Crippen molar-refractivity contribution in [2.75, 3.05) is 14.1 Å². The van der Waals surface area contributed by atoms with E-state index < -0.39 is 0 Å². The lowest BCUT2D eigenvalue weighted by molar-refractivity contribution is -0.125. The zero-order valence-electron chi connectivity index (χ0n) is 10.0. The molecule has 0 aliphatic heterocycles. The number of benzene rings is 1. The van der Waals surface area contributed by atoms with Gasteiger partial charge in [0, 0.05) is 26.6 Å². The first-order valence-electron chi connectivity index (χ1n) is 5.28. The minimum Gasteiger partial charge on any atom is -0.324 e. The molecular weight excluding hydrogens is 202 g/mol. The van der Waals surface area contributed by atoms with Crippen molar-refractivity contribution in [2.45, 2.75) is 19.4 Å². The number of hydrazine groups is 1. The lowest BCUT2D eigenvalue weighted by atomic mass is 10.0. The van der Waals surface area contributed by atoms with Crippen LogP contribution in [0.4, 0.5) is 0 Å². The number of nitrogens with zero attached hydrogens (tertiary/aromatic N) is 1. The van der Waals surface area contributed by atoms with Crippen LogP contribution in [-0.4, -0.2) is 25.0 Å². The Morgan fingerprint density at radius 1 is 1.38 bits per heavy atom. The number of carbonyl (C=O) groups excluding carboxylic acids is 1. The molecular formula is C12H19N3O. The molecule has 1 amide bonds. The number of nitrogens with one attached hydrogen (secondary N) is 1. The molecule has 0 aliphatic carbocycles. The summed E-state index contributed by atoms with van der Waals surface area (Å²) < 4.78 is 0. The first-order valence-corrected chi connectivity index (χ1v) is 5.28. The van der Waals surface area contributed by atoms with Crippen LogP contribution >= 0.6 is 0 Å². The molecule has 88 valence electrons. The van der Waals surface area contributed by atoms with E-state index >= 15 is 0 Å². The Labute approximate surface area is 96.4 Å². The van der Waals surface area contributed by atoms with Gasteiger partial charge in [-0.25, -0.2) is 5.01 Å². The van der Waals surface area contributed by atoms with E-state index in [1.54, 1.807) is 19.1 Å². The van der Waals surface area contributed by atoms with Crippen LogP contribution in [0.25, 0.3) is 0 Å². The Bertz CT molecular complexity index is 346. The average molecular weight is 221 g/mol. The highest BCUT2D eigenvalue weighted by atomic mass is 16.2. The van der Waals surface area contributed by atoms with Crippen molar-refractivity contribution in [3.05, 3.63) is 35.4 Å². The van der Waals surface area contributed by atoms with Gasteiger partial charge in [0.25, 0.3) is 0 Å². The molecule has 4 nitrogen and oxygen atoms in total. The van der Waals surface area contributed by atoms with Crippen LogP contribution in [0.15, 0.2) is 24.3 Å². The minimum atomic E-state index is -0.249. The summed E-state index contributed by atoms with van der Waals surface area (Å²) in [7, 11) is 3.55. The lowest BCUT2D eigenvalue weighted by Crippen LogP contribution is -2.37. The molecule has 3 N–H and O–H groups in total. The highest BCUT2D eigenvalue weighted by Gasteiger charge is 2.11. The number of hydrogen-bond donors (Lipinski definition) is 2. The summed E-state index contributed by atoms with van der Waals surface area (Å²) in [6.45, 7) is 2.02. The molecule has 0 radical (unpaired) electrons. The largest absolute Gasteiger partial charge is 0.324 e. The zero-order chi connectivity index (χ0) is 12.1. The molecule has 0 spiro atoms. The zero-order valence-corrected chi connectivity index (χ0v) is 10.0. The topological polar surface area (TPSA) is 58.4 Å². The van der Waals surface area contributed by atoms with Crippen LogP contribution in [-0.2, 0) is 4.79 Å². The minimum absolute atomic E-state index is 0.0712. The van der Waals surface area contributed by atoms with Crippen LogP contribution in [0.2, 0.25) is 0 Å². The maximum absolute atomic E-state index is 11.5. The van der Waals surface area contributed by atoms with Gasteiger partial charge >= 0.3 is 0 Å². The first kappa shape index (κ1) is 12.7. The van der Waals surface area contributed by atoms with Crippen LogP contribution < -0.4 is 11.2 Å². The normalized spacial score (nSPS) is 12.6. The Hall–Kier alpha value is -1.39.